The molecule has 0 bridgehead atoms. The summed E-state index contributed by atoms with van der Waals surface area (Å²) in [6, 6.07) is 0. The van der Waals surface area contributed by atoms with Gasteiger partial charge in [-0.15, -0.1) is 0 Å². The van der Waals surface area contributed by atoms with Crippen LogP contribution in [0.4, 0.5) is 13.2 Å². The number of carboxylic acids is 1. The second kappa shape index (κ2) is 4.52. The maximum Gasteiger partial charge on any atom is 0.434 e. The second-order valence-corrected chi connectivity index (χ2v) is 3.97. The third-order valence-electron chi connectivity index (χ3n) is 2.34. The summed E-state index contributed by atoms with van der Waals surface area (Å²) < 4.78 is 43.0. The number of aromatic carboxylic acids is 1. The summed E-state index contributed by atoms with van der Waals surface area (Å²) in [7, 11) is 1.29. The highest BCUT2D eigenvalue weighted by atomic mass is 19.4. The van der Waals surface area contributed by atoms with Crippen LogP contribution in [0.2, 0.25) is 0 Å². The smallest absolute Gasteiger partial charge is 0.434 e. The first-order chi connectivity index (χ1) is 8.09. The summed E-state index contributed by atoms with van der Waals surface area (Å²) in [6.45, 7) is 2.95. The Kier molecular flexibility index (Phi) is 3.61. The van der Waals surface area contributed by atoms with Crippen molar-refractivity contribution in [2.24, 2.45) is 0 Å². The first-order valence-electron chi connectivity index (χ1n) is 4.82. The van der Waals surface area contributed by atoms with Gasteiger partial charge in [0.05, 0.1) is 0 Å². The molecule has 0 aromatic carbocycles. The van der Waals surface area contributed by atoms with Crippen LogP contribution in [0.15, 0.2) is 6.20 Å². The zero-order chi connectivity index (χ0) is 14.1. The molecule has 0 saturated carbocycles. The van der Waals surface area contributed by atoms with Crippen molar-refractivity contribution in [2.75, 3.05) is 7.11 Å². The fourth-order valence-corrected chi connectivity index (χ4v) is 1.14. The molecule has 0 aliphatic carbocycles. The third kappa shape index (κ3) is 2.76. The lowest BCUT2D eigenvalue weighted by Crippen LogP contribution is -2.26. The van der Waals surface area contributed by atoms with Gasteiger partial charge in [0.2, 0.25) is 0 Å². The van der Waals surface area contributed by atoms with E-state index in [2.05, 4.69) is 9.97 Å². The van der Waals surface area contributed by atoms with Crippen LogP contribution < -0.4 is 0 Å². The minimum atomic E-state index is -4.87. The summed E-state index contributed by atoms with van der Waals surface area (Å²) in [5.74, 6) is -1.97. The van der Waals surface area contributed by atoms with Gasteiger partial charge in [0.15, 0.2) is 11.5 Å². The van der Waals surface area contributed by atoms with Gasteiger partial charge in [0.1, 0.15) is 11.2 Å². The molecule has 0 fully saturated rings. The third-order valence-corrected chi connectivity index (χ3v) is 2.34. The molecule has 1 heterocycles. The zero-order valence-corrected chi connectivity index (χ0v) is 9.87. The van der Waals surface area contributed by atoms with Gasteiger partial charge in [0.25, 0.3) is 0 Å². The molecule has 0 atom stereocenters. The minimum absolute atomic E-state index is 0.234. The highest BCUT2D eigenvalue weighted by Gasteiger charge is 2.39. The fourth-order valence-electron chi connectivity index (χ4n) is 1.14. The van der Waals surface area contributed by atoms with Gasteiger partial charge in [-0.2, -0.15) is 13.2 Å². The van der Waals surface area contributed by atoms with Gasteiger partial charge in [-0.3, -0.25) is 0 Å². The van der Waals surface area contributed by atoms with Gasteiger partial charge in [-0.1, -0.05) is 0 Å². The molecule has 0 saturated heterocycles. The Hall–Kier alpha value is -1.70. The highest BCUT2D eigenvalue weighted by Crippen LogP contribution is 2.32. The lowest BCUT2D eigenvalue weighted by Gasteiger charge is -2.22. The van der Waals surface area contributed by atoms with Crippen molar-refractivity contribution in [3.8, 4) is 0 Å². The number of carbonyl (C=O) groups is 1. The van der Waals surface area contributed by atoms with E-state index in [4.69, 9.17) is 9.84 Å². The van der Waals surface area contributed by atoms with E-state index in [1.165, 1.54) is 21.0 Å². The van der Waals surface area contributed by atoms with Crippen molar-refractivity contribution in [3.05, 3.63) is 23.3 Å². The number of hydrogen-bond donors (Lipinski definition) is 1. The molecule has 1 aromatic heterocycles. The van der Waals surface area contributed by atoms with Gasteiger partial charge in [-0.25, -0.2) is 14.8 Å². The molecular weight excluding hydrogens is 253 g/mol. The van der Waals surface area contributed by atoms with Crippen LogP contribution in [-0.4, -0.2) is 28.2 Å². The Morgan fingerprint density at radius 1 is 1.39 bits per heavy atom. The van der Waals surface area contributed by atoms with E-state index in [-0.39, 0.29) is 5.82 Å². The number of halogens is 3. The summed E-state index contributed by atoms with van der Waals surface area (Å²) in [5.41, 5.74) is -3.61. The Labute approximate surface area is 101 Å². The zero-order valence-electron chi connectivity index (χ0n) is 9.87. The van der Waals surface area contributed by atoms with Crippen molar-refractivity contribution in [1.82, 2.24) is 9.97 Å². The van der Waals surface area contributed by atoms with Gasteiger partial charge in [-0.05, 0) is 13.8 Å². The number of nitrogens with zero attached hydrogens (tertiary/aromatic N) is 2. The van der Waals surface area contributed by atoms with Crippen molar-refractivity contribution in [2.45, 2.75) is 25.6 Å². The number of aromatic nitrogens is 2. The number of methoxy groups -OCH3 is 1. The summed E-state index contributed by atoms with van der Waals surface area (Å²) in [5, 5.41) is 8.67. The molecule has 0 unspecified atom stereocenters. The lowest BCUT2D eigenvalue weighted by atomic mass is 10.1. The molecule has 1 rings (SSSR count). The standard InChI is InChI=1S/C10H11F3N2O3/c1-9(2,18-3)8-14-4-5(7(16)17)6(15-8)10(11,12)13/h4H,1-3H3,(H,16,17). The van der Waals surface area contributed by atoms with Crippen LogP contribution in [0.5, 0.6) is 0 Å². The van der Waals surface area contributed by atoms with Crippen LogP contribution in [-0.2, 0) is 16.5 Å². The van der Waals surface area contributed by atoms with E-state index in [1.807, 2.05) is 0 Å². The van der Waals surface area contributed by atoms with Gasteiger partial charge in [0, 0.05) is 13.3 Å². The Balaban J connectivity index is 3.45. The number of carboxylic acid groups (broad SMARTS) is 1. The van der Waals surface area contributed by atoms with E-state index in [0.29, 0.717) is 6.20 Å². The average molecular weight is 264 g/mol. The number of rotatable bonds is 3. The van der Waals surface area contributed by atoms with Crippen molar-refractivity contribution in [3.63, 3.8) is 0 Å². The molecule has 0 aliphatic rings. The van der Waals surface area contributed by atoms with E-state index >= 15 is 0 Å². The maximum absolute atomic E-state index is 12.7. The van der Waals surface area contributed by atoms with Crippen LogP contribution in [0.25, 0.3) is 0 Å². The predicted molar refractivity (Wildman–Crippen MR) is 54.0 cm³/mol. The topological polar surface area (TPSA) is 72.3 Å². The molecule has 0 radical (unpaired) electrons. The molecule has 0 amide bonds. The largest absolute Gasteiger partial charge is 0.478 e. The number of hydrogen-bond acceptors (Lipinski definition) is 4. The maximum atomic E-state index is 12.7. The predicted octanol–water partition coefficient (Wildman–Crippen LogP) is 2.08. The molecule has 0 spiro atoms. The SMILES string of the molecule is COC(C)(C)c1ncc(C(=O)O)c(C(F)(F)F)n1. The van der Waals surface area contributed by atoms with Crippen LogP contribution in [0.3, 0.4) is 0 Å². The van der Waals surface area contributed by atoms with Crippen LogP contribution in [0, 0.1) is 0 Å². The summed E-state index contributed by atoms with van der Waals surface area (Å²) in [6.07, 6.45) is -4.23. The molecule has 0 aliphatic heterocycles. The number of ether oxygens (including phenoxy) is 1. The highest BCUT2D eigenvalue weighted by molar-refractivity contribution is 5.88. The fraction of sp³-hybridized carbons (Fsp3) is 0.500. The van der Waals surface area contributed by atoms with Crippen molar-refractivity contribution in [1.29, 1.82) is 0 Å². The van der Waals surface area contributed by atoms with E-state index in [1.54, 1.807) is 0 Å². The quantitative estimate of drug-likeness (QED) is 0.904. The van der Waals surface area contributed by atoms with Crippen LogP contribution in [0.1, 0.15) is 35.7 Å². The normalized spacial score (nSPS) is 12.6. The van der Waals surface area contributed by atoms with Gasteiger partial charge < -0.3 is 9.84 Å². The molecule has 18 heavy (non-hydrogen) atoms. The molecular formula is C10H11F3N2O3. The van der Waals surface area contributed by atoms with E-state index < -0.39 is 29.0 Å². The van der Waals surface area contributed by atoms with E-state index in [0.717, 1.165) is 0 Å². The Morgan fingerprint density at radius 3 is 2.33 bits per heavy atom. The molecule has 1 N–H and O–H groups in total. The number of alkyl halides is 3. The summed E-state index contributed by atoms with van der Waals surface area (Å²) >= 11 is 0. The molecule has 100 valence electrons. The average Bonchev–Trinajstić information content (AvgIpc) is 2.27. The van der Waals surface area contributed by atoms with E-state index in [9.17, 15) is 18.0 Å². The Bertz CT molecular complexity index is 472. The molecule has 1 aromatic rings. The molecule has 5 nitrogen and oxygen atoms in total. The van der Waals surface area contributed by atoms with Crippen molar-refractivity contribution < 1.29 is 27.8 Å². The molecule has 8 heteroatoms. The Morgan fingerprint density at radius 2 is 1.94 bits per heavy atom. The minimum Gasteiger partial charge on any atom is -0.478 e. The van der Waals surface area contributed by atoms with Crippen molar-refractivity contribution >= 4 is 5.97 Å². The van der Waals surface area contributed by atoms with Gasteiger partial charge >= 0.3 is 12.1 Å². The first-order valence-corrected chi connectivity index (χ1v) is 4.82. The first kappa shape index (κ1) is 14.4. The second-order valence-electron chi connectivity index (χ2n) is 3.97. The lowest BCUT2D eigenvalue weighted by molar-refractivity contribution is -0.142. The summed E-state index contributed by atoms with van der Waals surface area (Å²) in [4.78, 5) is 17.6. The van der Waals surface area contributed by atoms with Crippen LogP contribution >= 0.6 is 0 Å². The monoisotopic (exact) mass is 264 g/mol.